The first-order valence-electron chi connectivity index (χ1n) is 9.91. The molecule has 0 saturated heterocycles. The number of ether oxygens (including phenoxy) is 1. The van der Waals surface area contributed by atoms with Gasteiger partial charge in [-0.1, -0.05) is 35.9 Å². The highest BCUT2D eigenvalue weighted by Crippen LogP contribution is 2.30. The van der Waals surface area contributed by atoms with E-state index in [-0.39, 0.29) is 5.91 Å². The zero-order chi connectivity index (χ0) is 21.0. The van der Waals surface area contributed by atoms with Crippen LogP contribution in [0.5, 0.6) is 5.75 Å². The van der Waals surface area contributed by atoms with Crippen LogP contribution < -0.4 is 4.74 Å². The fraction of sp³-hybridized carbons (Fsp3) is 0.435. The van der Waals surface area contributed by atoms with Crippen molar-refractivity contribution in [3.05, 3.63) is 64.2 Å². The molecule has 2 aromatic carbocycles. The quantitative estimate of drug-likeness (QED) is 0.783. The zero-order valence-corrected chi connectivity index (χ0v) is 18.1. The molecular weight excluding hydrogens is 388 g/mol. The highest BCUT2D eigenvalue weighted by atomic mass is 35.5. The van der Waals surface area contributed by atoms with Crippen LogP contribution >= 0.6 is 11.6 Å². The minimum atomic E-state index is -0.982. The Morgan fingerprint density at radius 2 is 2.03 bits per heavy atom. The molecule has 2 aromatic rings. The van der Waals surface area contributed by atoms with E-state index in [2.05, 4.69) is 0 Å². The van der Waals surface area contributed by atoms with Gasteiger partial charge in [0.1, 0.15) is 12.4 Å². The molecule has 0 aliphatic carbocycles. The van der Waals surface area contributed by atoms with Crippen molar-refractivity contribution >= 4 is 17.5 Å². The number of amides is 1. The predicted molar refractivity (Wildman–Crippen MR) is 115 cm³/mol. The second-order valence-electron chi connectivity index (χ2n) is 8.09. The smallest absolute Gasteiger partial charge is 0.223 e. The van der Waals surface area contributed by atoms with Crippen molar-refractivity contribution in [2.75, 3.05) is 33.8 Å². The molecule has 5 nitrogen and oxygen atoms in total. The van der Waals surface area contributed by atoms with E-state index in [1.165, 1.54) is 0 Å². The summed E-state index contributed by atoms with van der Waals surface area (Å²) in [7, 11) is 3.86. The van der Waals surface area contributed by atoms with E-state index in [4.69, 9.17) is 16.3 Å². The van der Waals surface area contributed by atoms with Gasteiger partial charge in [0.05, 0.1) is 12.1 Å². The molecule has 0 saturated carbocycles. The fourth-order valence-electron chi connectivity index (χ4n) is 3.75. The molecule has 0 spiro atoms. The van der Waals surface area contributed by atoms with Gasteiger partial charge in [0, 0.05) is 30.1 Å². The lowest BCUT2D eigenvalue weighted by Crippen LogP contribution is -2.35. The van der Waals surface area contributed by atoms with Crippen LogP contribution in [-0.4, -0.2) is 54.6 Å². The number of benzene rings is 2. The molecule has 6 heteroatoms. The van der Waals surface area contributed by atoms with E-state index in [1.807, 2.05) is 66.4 Å². The minimum absolute atomic E-state index is 0.0758. The van der Waals surface area contributed by atoms with Crippen molar-refractivity contribution in [1.82, 2.24) is 9.80 Å². The van der Waals surface area contributed by atoms with Gasteiger partial charge in [0.2, 0.25) is 5.91 Å². The summed E-state index contributed by atoms with van der Waals surface area (Å²) < 4.78 is 5.85. The average Bonchev–Trinajstić information content (AvgIpc) is 2.88. The Balaban J connectivity index is 1.72. The summed E-state index contributed by atoms with van der Waals surface area (Å²) in [5.41, 5.74) is 1.74. The van der Waals surface area contributed by atoms with Crippen LogP contribution in [0.25, 0.3) is 0 Å². The van der Waals surface area contributed by atoms with Gasteiger partial charge in [-0.2, -0.15) is 0 Å². The van der Waals surface area contributed by atoms with Crippen molar-refractivity contribution in [3.63, 3.8) is 0 Å². The topological polar surface area (TPSA) is 53.0 Å². The van der Waals surface area contributed by atoms with Crippen molar-refractivity contribution in [2.24, 2.45) is 0 Å². The average molecular weight is 417 g/mol. The molecule has 156 valence electrons. The standard InChI is InChI=1S/C23H29ClN2O3/c1-23(28,16-25(2)3)19-9-10-21-18(14-19)15-26(12-13-29-21)22(27)11-8-17-6-4-5-7-20(17)24/h4-7,9-10,14,28H,8,11-13,15-16H2,1-3H3. The van der Waals surface area contributed by atoms with Gasteiger partial charge in [0.15, 0.2) is 0 Å². The van der Waals surface area contributed by atoms with Crippen molar-refractivity contribution in [2.45, 2.75) is 31.9 Å². The predicted octanol–water partition coefficient (Wildman–Crippen LogP) is 3.46. The second kappa shape index (κ2) is 9.16. The first-order valence-corrected chi connectivity index (χ1v) is 10.3. The van der Waals surface area contributed by atoms with Crippen LogP contribution in [0.4, 0.5) is 0 Å². The monoisotopic (exact) mass is 416 g/mol. The number of aryl methyl sites for hydroxylation is 1. The third-order valence-electron chi connectivity index (χ3n) is 5.21. The molecule has 1 N–H and O–H groups in total. The summed E-state index contributed by atoms with van der Waals surface area (Å²) in [5, 5.41) is 11.6. The summed E-state index contributed by atoms with van der Waals surface area (Å²) in [5.74, 6) is 0.850. The number of likely N-dealkylation sites (N-methyl/N-ethyl adjacent to an activating group) is 1. The summed E-state index contributed by atoms with van der Waals surface area (Å²) in [6.07, 6.45) is 1.01. The Labute approximate surface area is 177 Å². The van der Waals surface area contributed by atoms with Crippen molar-refractivity contribution in [1.29, 1.82) is 0 Å². The molecule has 3 rings (SSSR count). The Bertz CT molecular complexity index is 867. The Morgan fingerprint density at radius 1 is 1.28 bits per heavy atom. The zero-order valence-electron chi connectivity index (χ0n) is 17.3. The van der Waals surface area contributed by atoms with Crippen LogP contribution in [-0.2, 0) is 23.4 Å². The minimum Gasteiger partial charge on any atom is -0.491 e. The molecule has 1 heterocycles. The lowest BCUT2D eigenvalue weighted by Gasteiger charge is -2.28. The first-order chi connectivity index (χ1) is 13.8. The normalized spacial score (nSPS) is 16.0. The van der Waals surface area contributed by atoms with Crippen LogP contribution in [0, 0.1) is 0 Å². The molecule has 0 radical (unpaired) electrons. The Morgan fingerprint density at radius 3 is 2.76 bits per heavy atom. The molecule has 0 aromatic heterocycles. The van der Waals surface area contributed by atoms with E-state index in [0.717, 1.165) is 22.4 Å². The Hall–Kier alpha value is -2.08. The van der Waals surface area contributed by atoms with Gasteiger partial charge in [-0.15, -0.1) is 0 Å². The third-order valence-corrected chi connectivity index (χ3v) is 5.57. The van der Waals surface area contributed by atoms with E-state index >= 15 is 0 Å². The molecule has 0 bridgehead atoms. The van der Waals surface area contributed by atoms with Crippen molar-refractivity contribution in [3.8, 4) is 5.75 Å². The fourth-order valence-corrected chi connectivity index (χ4v) is 3.98. The summed E-state index contributed by atoms with van der Waals surface area (Å²) >= 11 is 6.21. The number of hydrogen-bond acceptors (Lipinski definition) is 4. The number of aliphatic hydroxyl groups is 1. The number of fused-ring (bicyclic) bond motifs is 1. The number of hydrogen-bond donors (Lipinski definition) is 1. The van der Waals surface area contributed by atoms with Gasteiger partial charge >= 0.3 is 0 Å². The van der Waals surface area contributed by atoms with Gasteiger partial charge in [-0.25, -0.2) is 0 Å². The van der Waals surface area contributed by atoms with Crippen molar-refractivity contribution < 1.29 is 14.6 Å². The number of nitrogens with zero attached hydrogens (tertiary/aromatic N) is 2. The third kappa shape index (κ3) is 5.50. The summed E-state index contributed by atoms with van der Waals surface area (Å²) in [4.78, 5) is 16.6. The van der Waals surface area contributed by atoms with Crippen LogP contribution in [0.3, 0.4) is 0 Å². The number of carbonyl (C=O) groups is 1. The lowest BCUT2D eigenvalue weighted by molar-refractivity contribution is -0.131. The molecule has 1 unspecified atom stereocenters. The van der Waals surface area contributed by atoms with Gasteiger partial charge in [-0.05, 0) is 56.8 Å². The van der Waals surface area contributed by atoms with E-state index < -0.39 is 5.60 Å². The summed E-state index contributed by atoms with van der Waals surface area (Å²) in [6.45, 7) is 3.78. The van der Waals surface area contributed by atoms with E-state index in [0.29, 0.717) is 44.1 Å². The SMILES string of the molecule is CN(C)CC(C)(O)c1ccc2c(c1)CN(C(=O)CCc1ccccc1Cl)CCO2. The maximum absolute atomic E-state index is 12.8. The van der Waals surface area contributed by atoms with Gasteiger partial charge < -0.3 is 19.6 Å². The second-order valence-corrected chi connectivity index (χ2v) is 8.50. The first kappa shape index (κ1) is 21.6. The maximum atomic E-state index is 12.8. The molecule has 1 aliphatic heterocycles. The van der Waals surface area contributed by atoms with Crippen LogP contribution in [0.1, 0.15) is 30.0 Å². The molecule has 1 aliphatic rings. The van der Waals surface area contributed by atoms with Gasteiger partial charge in [-0.3, -0.25) is 4.79 Å². The van der Waals surface area contributed by atoms with Gasteiger partial charge in [0.25, 0.3) is 0 Å². The maximum Gasteiger partial charge on any atom is 0.223 e. The lowest BCUT2D eigenvalue weighted by atomic mass is 9.93. The molecule has 1 atom stereocenters. The number of carbonyl (C=O) groups excluding carboxylic acids is 1. The van der Waals surface area contributed by atoms with Crippen LogP contribution in [0.15, 0.2) is 42.5 Å². The van der Waals surface area contributed by atoms with Crippen LogP contribution in [0.2, 0.25) is 5.02 Å². The van der Waals surface area contributed by atoms with E-state index in [9.17, 15) is 9.90 Å². The number of rotatable bonds is 6. The number of halogens is 1. The summed E-state index contributed by atoms with van der Waals surface area (Å²) in [6, 6.07) is 13.4. The molecular formula is C23H29ClN2O3. The Kier molecular flexibility index (Phi) is 6.83. The highest BCUT2D eigenvalue weighted by molar-refractivity contribution is 6.31. The molecule has 0 fully saturated rings. The molecule has 29 heavy (non-hydrogen) atoms. The van der Waals surface area contributed by atoms with E-state index in [1.54, 1.807) is 6.92 Å². The highest BCUT2D eigenvalue weighted by Gasteiger charge is 2.27. The molecule has 1 amide bonds. The largest absolute Gasteiger partial charge is 0.491 e.